The number of aromatic nitrogens is 1. The van der Waals surface area contributed by atoms with E-state index in [0.29, 0.717) is 0 Å². The van der Waals surface area contributed by atoms with E-state index in [1.54, 1.807) is 0 Å². The third-order valence-electron chi connectivity index (χ3n) is 4.22. The van der Waals surface area contributed by atoms with Crippen molar-refractivity contribution in [3.63, 3.8) is 0 Å². The molecule has 0 radical (unpaired) electrons. The zero-order chi connectivity index (χ0) is 15.3. The molecular formula is C14H25N3O3. The van der Waals surface area contributed by atoms with E-state index in [2.05, 4.69) is 29.2 Å². The molecule has 1 amide bonds. The fraction of sp³-hybridized carbons (Fsp3) is 0.714. The van der Waals surface area contributed by atoms with Gasteiger partial charge in [-0.2, -0.15) is 0 Å². The Bertz CT molecular complexity index is 439. The molecule has 6 nitrogen and oxygen atoms in total. The van der Waals surface area contributed by atoms with Crippen molar-refractivity contribution in [3.8, 4) is 0 Å². The smallest absolute Gasteiger partial charge is 0.273 e. The van der Waals surface area contributed by atoms with Crippen LogP contribution < -0.4 is 5.32 Å². The molecule has 114 valence electrons. The summed E-state index contributed by atoms with van der Waals surface area (Å²) < 4.78 is 4.83. The number of nitrogens with one attached hydrogen (secondary N) is 1. The van der Waals surface area contributed by atoms with E-state index in [4.69, 9.17) is 9.63 Å². The Labute approximate surface area is 120 Å². The lowest BCUT2D eigenvalue weighted by Gasteiger charge is -2.43. The average Bonchev–Trinajstić information content (AvgIpc) is 2.89. The van der Waals surface area contributed by atoms with E-state index in [1.807, 2.05) is 21.0 Å². The molecule has 0 aliphatic rings. The van der Waals surface area contributed by atoms with Gasteiger partial charge in [-0.1, -0.05) is 19.0 Å². The second-order valence-electron chi connectivity index (χ2n) is 5.24. The van der Waals surface area contributed by atoms with Crippen molar-refractivity contribution in [2.45, 2.75) is 51.8 Å². The van der Waals surface area contributed by atoms with Crippen LogP contribution in [0.1, 0.15) is 49.9 Å². The minimum atomic E-state index is -0.283. The molecule has 1 rings (SSSR count). The van der Waals surface area contributed by atoms with Crippen LogP contribution in [0.5, 0.6) is 0 Å². The maximum Gasteiger partial charge on any atom is 0.273 e. The summed E-state index contributed by atoms with van der Waals surface area (Å²) in [6.45, 7) is 5.97. The zero-order valence-electron chi connectivity index (χ0n) is 12.9. The Kier molecular flexibility index (Phi) is 5.71. The molecule has 1 unspecified atom stereocenters. The number of likely N-dealkylation sites (N-methyl/N-ethyl adjacent to an activating group) is 1. The van der Waals surface area contributed by atoms with Gasteiger partial charge in [0, 0.05) is 17.6 Å². The number of nitrogens with zero attached hydrogens (tertiary/aromatic N) is 2. The third kappa shape index (κ3) is 3.19. The van der Waals surface area contributed by atoms with Gasteiger partial charge in [0.2, 0.25) is 0 Å². The minimum absolute atomic E-state index is 0.0331. The van der Waals surface area contributed by atoms with E-state index in [9.17, 15) is 4.79 Å². The summed E-state index contributed by atoms with van der Waals surface area (Å²) in [4.78, 5) is 14.3. The fourth-order valence-corrected chi connectivity index (χ4v) is 2.78. The molecule has 0 aliphatic heterocycles. The molecule has 0 saturated carbocycles. The van der Waals surface area contributed by atoms with Crippen LogP contribution in [0.4, 0.5) is 0 Å². The van der Waals surface area contributed by atoms with Crippen molar-refractivity contribution in [3.05, 3.63) is 17.5 Å². The number of aliphatic hydroxyl groups is 1. The first kappa shape index (κ1) is 16.7. The first-order valence-corrected chi connectivity index (χ1v) is 6.96. The van der Waals surface area contributed by atoms with Crippen LogP contribution in [0.2, 0.25) is 0 Å². The predicted molar refractivity (Wildman–Crippen MR) is 76.4 cm³/mol. The van der Waals surface area contributed by atoms with Crippen LogP contribution in [0, 0.1) is 0 Å². The van der Waals surface area contributed by atoms with Gasteiger partial charge in [0.05, 0.1) is 0 Å². The standard InChI is InChI=1S/C14H25N3O3/c1-6-14(7-2,17(4)5)10(3)15-13(19)12-8-11(9-18)20-16-12/h8,10,18H,6-7,9H2,1-5H3,(H,15,19). The minimum Gasteiger partial charge on any atom is -0.388 e. The van der Waals surface area contributed by atoms with Crippen LogP contribution >= 0.6 is 0 Å². The van der Waals surface area contributed by atoms with E-state index < -0.39 is 0 Å². The summed E-state index contributed by atoms with van der Waals surface area (Å²) >= 11 is 0. The average molecular weight is 283 g/mol. The molecule has 2 N–H and O–H groups in total. The molecule has 20 heavy (non-hydrogen) atoms. The number of carbonyl (C=O) groups excluding carboxylic acids is 1. The highest BCUT2D eigenvalue weighted by Crippen LogP contribution is 2.25. The topological polar surface area (TPSA) is 78.6 Å². The lowest BCUT2D eigenvalue weighted by Crippen LogP contribution is -2.58. The summed E-state index contributed by atoms with van der Waals surface area (Å²) in [7, 11) is 4.05. The van der Waals surface area contributed by atoms with E-state index >= 15 is 0 Å². The second kappa shape index (κ2) is 6.85. The van der Waals surface area contributed by atoms with Gasteiger partial charge >= 0.3 is 0 Å². The van der Waals surface area contributed by atoms with Crippen molar-refractivity contribution in [1.82, 2.24) is 15.4 Å². The van der Waals surface area contributed by atoms with Crippen molar-refractivity contribution in [2.75, 3.05) is 14.1 Å². The van der Waals surface area contributed by atoms with E-state index in [-0.39, 0.29) is 35.5 Å². The van der Waals surface area contributed by atoms with Gasteiger partial charge in [-0.05, 0) is 33.9 Å². The van der Waals surface area contributed by atoms with E-state index in [0.717, 1.165) is 12.8 Å². The first-order chi connectivity index (χ1) is 9.41. The fourth-order valence-electron chi connectivity index (χ4n) is 2.78. The molecule has 1 atom stereocenters. The highest BCUT2D eigenvalue weighted by molar-refractivity contribution is 5.92. The van der Waals surface area contributed by atoms with Crippen LogP contribution in [0.3, 0.4) is 0 Å². The van der Waals surface area contributed by atoms with Gasteiger partial charge in [-0.25, -0.2) is 0 Å². The number of amides is 1. The largest absolute Gasteiger partial charge is 0.388 e. The van der Waals surface area contributed by atoms with Crippen molar-refractivity contribution >= 4 is 5.91 Å². The molecule has 1 aromatic heterocycles. The van der Waals surface area contributed by atoms with E-state index in [1.165, 1.54) is 6.07 Å². The van der Waals surface area contributed by atoms with Crippen LogP contribution in [0.15, 0.2) is 10.6 Å². The summed E-state index contributed by atoms with van der Waals surface area (Å²) in [6.07, 6.45) is 1.86. The Morgan fingerprint density at radius 3 is 2.50 bits per heavy atom. The predicted octanol–water partition coefficient (Wildman–Crippen LogP) is 1.41. The maximum atomic E-state index is 12.2. The molecule has 1 heterocycles. The van der Waals surface area contributed by atoms with Crippen molar-refractivity contribution in [2.24, 2.45) is 0 Å². The molecule has 0 aliphatic carbocycles. The van der Waals surface area contributed by atoms with Crippen molar-refractivity contribution in [1.29, 1.82) is 0 Å². The summed E-state index contributed by atoms with van der Waals surface area (Å²) in [5.74, 6) is 0.00161. The van der Waals surface area contributed by atoms with Gasteiger partial charge in [-0.3, -0.25) is 4.79 Å². The van der Waals surface area contributed by atoms with Crippen LogP contribution in [-0.2, 0) is 6.61 Å². The Hall–Kier alpha value is -1.40. The van der Waals surface area contributed by atoms with Gasteiger partial charge < -0.3 is 19.8 Å². The molecule has 0 fully saturated rings. The van der Waals surface area contributed by atoms with Gasteiger partial charge in [0.1, 0.15) is 6.61 Å². The van der Waals surface area contributed by atoms with Gasteiger partial charge in [0.25, 0.3) is 5.91 Å². The van der Waals surface area contributed by atoms with Gasteiger partial charge in [0.15, 0.2) is 11.5 Å². The summed E-state index contributed by atoms with van der Waals surface area (Å²) in [5, 5.41) is 15.6. The molecule has 0 saturated heterocycles. The molecule has 6 heteroatoms. The molecule has 0 spiro atoms. The summed E-state index contributed by atoms with van der Waals surface area (Å²) in [6, 6.07) is 1.42. The van der Waals surface area contributed by atoms with Gasteiger partial charge in [-0.15, -0.1) is 0 Å². The van der Waals surface area contributed by atoms with Crippen molar-refractivity contribution < 1.29 is 14.4 Å². The number of carbonyl (C=O) groups is 1. The zero-order valence-corrected chi connectivity index (χ0v) is 12.9. The first-order valence-electron chi connectivity index (χ1n) is 6.96. The molecule has 0 bridgehead atoms. The normalized spacial score (nSPS) is 13.6. The monoisotopic (exact) mass is 283 g/mol. The summed E-state index contributed by atoms with van der Waals surface area (Å²) in [5.41, 5.74) is 0.0971. The molecule has 0 aromatic carbocycles. The second-order valence-corrected chi connectivity index (χ2v) is 5.24. The van der Waals surface area contributed by atoms with Crippen LogP contribution in [-0.4, -0.2) is 46.7 Å². The SMILES string of the molecule is CCC(CC)(C(C)NC(=O)c1cc(CO)on1)N(C)C. The highest BCUT2D eigenvalue weighted by Gasteiger charge is 2.36. The Morgan fingerprint density at radius 2 is 2.10 bits per heavy atom. The number of rotatable bonds is 7. The number of hydrogen-bond acceptors (Lipinski definition) is 5. The Balaban J connectivity index is 2.82. The third-order valence-corrected chi connectivity index (χ3v) is 4.22. The molecular weight excluding hydrogens is 258 g/mol. The number of hydrogen-bond donors (Lipinski definition) is 2. The lowest BCUT2D eigenvalue weighted by molar-refractivity contribution is 0.0739. The maximum absolute atomic E-state index is 12.2. The Morgan fingerprint density at radius 1 is 1.50 bits per heavy atom. The lowest BCUT2D eigenvalue weighted by atomic mass is 9.84. The quantitative estimate of drug-likeness (QED) is 0.791. The number of aliphatic hydroxyl groups excluding tert-OH is 1. The molecule has 1 aromatic rings. The highest BCUT2D eigenvalue weighted by atomic mass is 16.5. The van der Waals surface area contributed by atoms with Crippen LogP contribution in [0.25, 0.3) is 0 Å².